The van der Waals surface area contributed by atoms with Gasteiger partial charge in [-0.25, -0.2) is 0 Å². The molecule has 0 atom stereocenters. The van der Waals surface area contributed by atoms with E-state index in [-0.39, 0.29) is 18.0 Å². The van der Waals surface area contributed by atoms with E-state index in [1.807, 2.05) is 0 Å². The number of non-ortho nitro benzene ring substituents is 1. The summed E-state index contributed by atoms with van der Waals surface area (Å²) in [5, 5.41) is 19.3. The van der Waals surface area contributed by atoms with Gasteiger partial charge in [-0.15, -0.1) is 6.58 Å². The standard InChI is InChI=1S/C13H14N2O6/c1-2-6-14(8-13(17)18)12(16)9-21-11-5-3-4-10(7-11)15(19)20/h2-5,7H,1,6,8-9H2,(H,17,18). The second-order valence-corrected chi connectivity index (χ2v) is 4.00. The Labute approximate surface area is 120 Å². The van der Waals surface area contributed by atoms with Crippen molar-refractivity contribution in [3.63, 3.8) is 0 Å². The Morgan fingerprint density at radius 3 is 2.76 bits per heavy atom. The third-order valence-electron chi connectivity index (χ3n) is 2.42. The molecule has 1 amide bonds. The summed E-state index contributed by atoms with van der Waals surface area (Å²) in [4.78, 5) is 33.5. The van der Waals surface area contributed by atoms with Crippen LogP contribution in [-0.4, -0.2) is 46.5 Å². The second-order valence-electron chi connectivity index (χ2n) is 4.00. The number of rotatable bonds is 8. The van der Waals surface area contributed by atoms with Gasteiger partial charge >= 0.3 is 5.97 Å². The lowest BCUT2D eigenvalue weighted by atomic mass is 10.3. The number of carboxylic acid groups (broad SMARTS) is 1. The second kappa shape index (κ2) is 7.63. The fraction of sp³-hybridized carbons (Fsp3) is 0.231. The molecule has 0 aliphatic rings. The highest BCUT2D eigenvalue weighted by Crippen LogP contribution is 2.19. The van der Waals surface area contributed by atoms with Crippen LogP contribution in [-0.2, 0) is 9.59 Å². The number of hydrogen-bond donors (Lipinski definition) is 1. The summed E-state index contributed by atoms with van der Waals surface area (Å²) < 4.78 is 5.14. The number of ether oxygens (including phenoxy) is 1. The predicted octanol–water partition coefficient (Wildman–Crippen LogP) is 1.07. The van der Waals surface area contributed by atoms with Crippen LogP contribution in [0.1, 0.15) is 0 Å². The summed E-state index contributed by atoms with van der Waals surface area (Å²) in [6, 6.07) is 5.37. The van der Waals surface area contributed by atoms with Crippen LogP contribution in [0, 0.1) is 10.1 Å². The van der Waals surface area contributed by atoms with E-state index >= 15 is 0 Å². The summed E-state index contributed by atoms with van der Waals surface area (Å²) in [5.41, 5.74) is -0.159. The molecule has 1 N–H and O–H groups in total. The van der Waals surface area contributed by atoms with Crippen LogP contribution in [0.2, 0.25) is 0 Å². The molecular formula is C13H14N2O6. The lowest BCUT2D eigenvalue weighted by Gasteiger charge is -2.18. The maximum absolute atomic E-state index is 11.8. The molecular weight excluding hydrogens is 280 g/mol. The van der Waals surface area contributed by atoms with Crippen molar-refractivity contribution < 1.29 is 24.4 Å². The highest BCUT2D eigenvalue weighted by atomic mass is 16.6. The highest BCUT2D eigenvalue weighted by Gasteiger charge is 2.16. The van der Waals surface area contributed by atoms with Crippen LogP contribution >= 0.6 is 0 Å². The number of carbonyl (C=O) groups excluding carboxylic acids is 1. The molecule has 0 aliphatic carbocycles. The van der Waals surface area contributed by atoms with Crippen LogP contribution in [0.3, 0.4) is 0 Å². The molecule has 8 heteroatoms. The lowest BCUT2D eigenvalue weighted by molar-refractivity contribution is -0.384. The van der Waals surface area contributed by atoms with Gasteiger partial charge in [-0.1, -0.05) is 12.1 Å². The van der Waals surface area contributed by atoms with E-state index in [4.69, 9.17) is 9.84 Å². The first kappa shape index (κ1) is 16.2. The van der Waals surface area contributed by atoms with Crippen molar-refractivity contribution in [2.75, 3.05) is 19.7 Å². The molecule has 21 heavy (non-hydrogen) atoms. The Balaban J connectivity index is 2.65. The number of carbonyl (C=O) groups is 2. The van der Waals surface area contributed by atoms with Gasteiger partial charge in [0.15, 0.2) is 6.61 Å². The van der Waals surface area contributed by atoms with Gasteiger partial charge in [-0.2, -0.15) is 0 Å². The number of amides is 1. The van der Waals surface area contributed by atoms with Gasteiger partial charge < -0.3 is 14.7 Å². The van der Waals surface area contributed by atoms with Crippen LogP contribution in [0.5, 0.6) is 5.75 Å². The molecule has 1 rings (SSSR count). The maximum Gasteiger partial charge on any atom is 0.323 e. The average molecular weight is 294 g/mol. The van der Waals surface area contributed by atoms with Crippen molar-refractivity contribution >= 4 is 17.6 Å². The number of benzene rings is 1. The third-order valence-corrected chi connectivity index (χ3v) is 2.42. The molecule has 0 bridgehead atoms. The van der Waals surface area contributed by atoms with E-state index in [2.05, 4.69) is 6.58 Å². The van der Waals surface area contributed by atoms with Gasteiger partial charge in [0, 0.05) is 12.6 Å². The van der Waals surface area contributed by atoms with E-state index in [0.29, 0.717) is 0 Å². The van der Waals surface area contributed by atoms with E-state index in [1.165, 1.54) is 30.3 Å². The monoisotopic (exact) mass is 294 g/mol. The van der Waals surface area contributed by atoms with Crippen LogP contribution in [0.15, 0.2) is 36.9 Å². The average Bonchev–Trinajstić information content (AvgIpc) is 2.44. The van der Waals surface area contributed by atoms with Gasteiger partial charge in [0.2, 0.25) is 0 Å². The van der Waals surface area contributed by atoms with Crippen molar-refractivity contribution in [1.82, 2.24) is 4.90 Å². The molecule has 0 unspecified atom stereocenters. The number of carboxylic acids is 1. The molecule has 112 valence electrons. The number of nitro groups is 1. The van der Waals surface area contributed by atoms with E-state index < -0.39 is 30.0 Å². The first-order valence-electron chi connectivity index (χ1n) is 5.91. The van der Waals surface area contributed by atoms with Crippen molar-refractivity contribution in [3.8, 4) is 5.75 Å². The minimum atomic E-state index is -1.15. The minimum absolute atomic E-state index is 0.0728. The van der Waals surface area contributed by atoms with Crippen molar-refractivity contribution in [1.29, 1.82) is 0 Å². The van der Waals surface area contributed by atoms with Crippen molar-refractivity contribution in [2.24, 2.45) is 0 Å². The Bertz CT molecular complexity index is 557. The topological polar surface area (TPSA) is 110 Å². The molecule has 0 spiro atoms. The highest BCUT2D eigenvalue weighted by molar-refractivity contribution is 5.82. The molecule has 0 saturated carbocycles. The number of hydrogen-bond acceptors (Lipinski definition) is 5. The first-order chi connectivity index (χ1) is 9.93. The molecule has 0 saturated heterocycles. The van der Waals surface area contributed by atoms with Crippen LogP contribution in [0.4, 0.5) is 5.69 Å². The van der Waals surface area contributed by atoms with E-state index in [1.54, 1.807) is 0 Å². The molecule has 0 fully saturated rings. The van der Waals surface area contributed by atoms with E-state index in [0.717, 1.165) is 4.90 Å². The first-order valence-corrected chi connectivity index (χ1v) is 5.91. The van der Waals surface area contributed by atoms with Crippen molar-refractivity contribution in [3.05, 3.63) is 47.0 Å². The molecule has 0 aromatic heterocycles. The zero-order valence-electron chi connectivity index (χ0n) is 11.1. The van der Waals surface area contributed by atoms with Gasteiger partial charge in [-0.3, -0.25) is 19.7 Å². The SMILES string of the molecule is C=CCN(CC(=O)O)C(=O)COc1cccc([N+](=O)[O-])c1. The van der Waals surface area contributed by atoms with Crippen LogP contribution in [0.25, 0.3) is 0 Å². The van der Waals surface area contributed by atoms with Crippen LogP contribution < -0.4 is 4.74 Å². The number of nitrogens with zero attached hydrogens (tertiary/aromatic N) is 2. The van der Waals surface area contributed by atoms with E-state index in [9.17, 15) is 19.7 Å². The molecule has 0 radical (unpaired) electrons. The zero-order chi connectivity index (χ0) is 15.8. The summed E-state index contributed by atoms with van der Waals surface area (Å²) >= 11 is 0. The van der Waals surface area contributed by atoms with Gasteiger partial charge in [0.05, 0.1) is 11.0 Å². The zero-order valence-corrected chi connectivity index (χ0v) is 11.1. The smallest absolute Gasteiger partial charge is 0.323 e. The molecule has 0 heterocycles. The number of aliphatic carboxylic acids is 1. The predicted molar refractivity (Wildman–Crippen MR) is 73.0 cm³/mol. The van der Waals surface area contributed by atoms with Gasteiger partial charge in [-0.05, 0) is 6.07 Å². The molecule has 1 aromatic rings. The molecule has 1 aromatic carbocycles. The fourth-order valence-electron chi connectivity index (χ4n) is 1.50. The van der Waals surface area contributed by atoms with Crippen molar-refractivity contribution in [2.45, 2.75) is 0 Å². The Morgan fingerprint density at radius 1 is 1.48 bits per heavy atom. The maximum atomic E-state index is 11.8. The number of nitro benzene ring substituents is 1. The summed E-state index contributed by atoms with van der Waals surface area (Å²) in [6.45, 7) is 2.63. The molecule has 0 aliphatic heterocycles. The quantitative estimate of drug-likeness (QED) is 0.436. The third kappa shape index (κ3) is 5.31. The minimum Gasteiger partial charge on any atom is -0.484 e. The Kier molecular flexibility index (Phi) is 5.87. The summed E-state index contributed by atoms with van der Waals surface area (Å²) in [7, 11) is 0. The van der Waals surface area contributed by atoms with Gasteiger partial charge in [0.1, 0.15) is 12.3 Å². The largest absolute Gasteiger partial charge is 0.484 e. The summed E-state index contributed by atoms with van der Waals surface area (Å²) in [5.74, 6) is -1.55. The summed E-state index contributed by atoms with van der Waals surface area (Å²) in [6.07, 6.45) is 1.40. The van der Waals surface area contributed by atoms with Gasteiger partial charge in [0.25, 0.3) is 11.6 Å². The fourth-order valence-corrected chi connectivity index (χ4v) is 1.50. The molecule has 8 nitrogen and oxygen atoms in total. The lowest BCUT2D eigenvalue weighted by Crippen LogP contribution is -2.38. The Hall–Kier alpha value is -2.90. The normalized spacial score (nSPS) is 9.71. The Morgan fingerprint density at radius 2 is 2.19 bits per heavy atom.